The molecule has 19 heavy (non-hydrogen) atoms. The fourth-order valence-corrected chi connectivity index (χ4v) is 2.65. The zero-order valence-corrected chi connectivity index (χ0v) is 12.7. The number of rotatable bonds is 3. The molecule has 0 unspecified atom stereocenters. The van der Waals surface area contributed by atoms with Crippen LogP contribution in [0.4, 0.5) is 0 Å². The average Bonchev–Trinajstić information content (AvgIpc) is 2.61. The Labute approximate surface area is 120 Å². The molecule has 2 rings (SSSR count). The van der Waals surface area contributed by atoms with Gasteiger partial charge in [0.25, 0.3) is 5.78 Å². The van der Waals surface area contributed by atoms with Gasteiger partial charge in [0.05, 0.1) is 12.2 Å². The molecule has 0 radical (unpaired) electrons. The van der Waals surface area contributed by atoms with E-state index in [4.69, 9.17) is 9.47 Å². The number of hydrogen-bond acceptors (Lipinski definition) is 4. The molecule has 0 saturated carbocycles. The van der Waals surface area contributed by atoms with Gasteiger partial charge in [-0.25, -0.2) is 4.79 Å². The zero-order valence-electron chi connectivity index (χ0n) is 11.1. The molecule has 0 amide bonds. The summed E-state index contributed by atoms with van der Waals surface area (Å²) in [5.41, 5.74) is 0.813. The molecular formula is C14H15BrO4. The Hall–Kier alpha value is -1.36. The van der Waals surface area contributed by atoms with Crippen molar-refractivity contribution in [2.24, 2.45) is 0 Å². The third kappa shape index (κ3) is 2.81. The minimum atomic E-state index is -0.851. The fraction of sp³-hybridized carbons (Fsp3) is 0.429. The van der Waals surface area contributed by atoms with Crippen LogP contribution in [0.25, 0.3) is 0 Å². The summed E-state index contributed by atoms with van der Waals surface area (Å²) in [4.78, 5) is 23.7. The Bertz CT molecular complexity index is 549. The van der Waals surface area contributed by atoms with Crippen molar-refractivity contribution in [3.63, 3.8) is 0 Å². The minimum Gasteiger partial charge on any atom is -0.486 e. The predicted octanol–water partition coefficient (Wildman–Crippen LogP) is 2.91. The van der Waals surface area contributed by atoms with E-state index in [9.17, 15) is 9.59 Å². The predicted molar refractivity (Wildman–Crippen MR) is 73.5 cm³/mol. The molecule has 1 aromatic rings. The van der Waals surface area contributed by atoms with Crippen molar-refractivity contribution in [2.45, 2.75) is 32.8 Å². The first-order valence-corrected chi connectivity index (χ1v) is 6.86. The number of esters is 1. The van der Waals surface area contributed by atoms with Crippen LogP contribution in [0.2, 0.25) is 0 Å². The van der Waals surface area contributed by atoms with Crippen LogP contribution in [0, 0.1) is 0 Å². The van der Waals surface area contributed by atoms with E-state index < -0.39 is 11.8 Å². The number of Topliss-reactive ketones (excluding diaryl/α,β-unsaturated/α-hetero) is 1. The normalized spacial score (nSPS) is 15.6. The Balaban J connectivity index is 2.43. The van der Waals surface area contributed by atoms with E-state index in [1.54, 1.807) is 13.0 Å². The molecule has 0 saturated heterocycles. The van der Waals surface area contributed by atoms with Crippen LogP contribution >= 0.6 is 15.9 Å². The number of benzene rings is 1. The summed E-state index contributed by atoms with van der Waals surface area (Å²) >= 11 is 3.35. The van der Waals surface area contributed by atoms with Crippen LogP contribution in [0.5, 0.6) is 5.75 Å². The van der Waals surface area contributed by atoms with E-state index in [0.29, 0.717) is 12.2 Å². The summed E-state index contributed by atoms with van der Waals surface area (Å²) in [7, 11) is 0. The van der Waals surface area contributed by atoms with Gasteiger partial charge in [0.15, 0.2) is 0 Å². The highest BCUT2D eigenvalue weighted by Crippen LogP contribution is 2.39. The number of hydrogen-bond donors (Lipinski definition) is 0. The second-order valence-electron chi connectivity index (χ2n) is 5.03. The van der Waals surface area contributed by atoms with E-state index >= 15 is 0 Å². The molecular weight excluding hydrogens is 312 g/mol. The lowest BCUT2D eigenvalue weighted by atomic mass is 9.99. The molecule has 102 valence electrons. The lowest BCUT2D eigenvalue weighted by molar-refractivity contribution is -0.137. The first kappa shape index (κ1) is 14.1. The van der Waals surface area contributed by atoms with Gasteiger partial charge in [-0.05, 0) is 38.5 Å². The average molecular weight is 327 g/mol. The van der Waals surface area contributed by atoms with E-state index in [2.05, 4.69) is 15.9 Å². The minimum absolute atomic E-state index is 0.174. The van der Waals surface area contributed by atoms with Gasteiger partial charge in [-0.2, -0.15) is 0 Å². The Morgan fingerprint density at radius 2 is 2.11 bits per heavy atom. The molecule has 1 aliphatic heterocycles. The zero-order chi connectivity index (χ0) is 14.2. The van der Waals surface area contributed by atoms with Crippen LogP contribution < -0.4 is 4.74 Å². The van der Waals surface area contributed by atoms with Gasteiger partial charge in [-0.3, -0.25) is 4.79 Å². The molecule has 0 bridgehead atoms. The maximum Gasteiger partial charge on any atom is 0.379 e. The summed E-state index contributed by atoms with van der Waals surface area (Å²) in [5, 5.41) is 0. The summed E-state index contributed by atoms with van der Waals surface area (Å²) in [6, 6.07) is 3.51. The van der Waals surface area contributed by atoms with Crippen molar-refractivity contribution in [3.8, 4) is 5.75 Å². The highest BCUT2D eigenvalue weighted by atomic mass is 79.9. The largest absolute Gasteiger partial charge is 0.486 e. The summed E-state index contributed by atoms with van der Waals surface area (Å²) in [6.07, 6.45) is 0.699. The van der Waals surface area contributed by atoms with E-state index in [1.807, 2.05) is 19.9 Å². The maximum absolute atomic E-state index is 12.1. The molecule has 4 nitrogen and oxygen atoms in total. The van der Waals surface area contributed by atoms with Crippen molar-refractivity contribution >= 4 is 27.7 Å². The molecule has 0 aliphatic carbocycles. The molecule has 0 N–H and O–H groups in total. The molecule has 1 aliphatic rings. The number of fused-ring (bicyclic) bond motifs is 1. The highest BCUT2D eigenvalue weighted by molar-refractivity contribution is 9.10. The smallest absolute Gasteiger partial charge is 0.379 e. The van der Waals surface area contributed by atoms with Gasteiger partial charge in [0.2, 0.25) is 0 Å². The van der Waals surface area contributed by atoms with Crippen LogP contribution in [0.1, 0.15) is 36.7 Å². The van der Waals surface area contributed by atoms with E-state index in [1.165, 1.54) is 0 Å². The topological polar surface area (TPSA) is 52.6 Å². The Morgan fingerprint density at radius 3 is 2.74 bits per heavy atom. The van der Waals surface area contributed by atoms with Crippen molar-refractivity contribution in [1.29, 1.82) is 0 Å². The Kier molecular flexibility index (Phi) is 3.67. The first-order chi connectivity index (χ1) is 8.84. The second-order valence-corrected chi connectivity index (χ2v) is 5.95. The third-order valence-corrected chi connectivity index (χ3v) is 3.29. The standard InChI is InChI=1S/C14H15BrO4/c1-4-18-13(17)11(16)10-6-9(15)5-8-7-14(2,3)19-12(8)10/h5-6H,4,7H2,1-3H3. The number of ether oxygens (including phenoxy) is 2. The van der Waals surface area contributed by atoms with Gasteiger partial charge in [-0.1, -0.05) is 15.9 Å². The molecule has 0 atom stereocenters. The lowest BCUT2D eigenvalue weighted by Gasteiger charge is -2.17. The number of carbonyl (C=O) groups is 2. The maximum atomic E-state index is 12.1. The quantitative estimate of drug-likeness (QED) is 0.487. The van der Waals surface area contributed by atoms with Crippen LogP contribution in [0.15, 0.2) is 16.6 Å². The molecule has 0 aromatic heterocycles. The van der Waals surface area contributed by atoms with E-state index in [-0.39, 0.29) is 17.8 Å². The van der Waals surface area contributed by atoms with Gasteiger partial charge in [-0.15, -0.1) is 0 Å². The first-order valence-electron chi connectivity index (χ1n) is 6.07. The van der Waals surface area contributed by atoms with Crippen molar-refractivity contribution in [1.82, 2.24) is 0 Å². The fourth-order valence-electron chi connectivity index (χ4n) is 2.15. The SMILES string of the molecule is CCOC(=O)C(=O)c1cc(Br)cc2c1OC(C)(C)C2. The van der Waals surface area contributed by atoms with Gasteiger partial charge >= 0.3 is 5.97 Å². The van der Waals surface area contributed by atoms with Crippen molar-refractivity contribution in [2.75, 3.05) is 6.61 Å². The summed E-state index contributed by atoms with van der Waals surface area (Å²) in [6.45, 7) is 5.72. The number of carbonyl (C=O) groups excluding carboxylic acids is 2. The molecule has 0 fully saturated rings. The second kappa shape index (κ2) is 4.96. The summed E-state index contributed by atoms with van der Waals surface area (Å²) < 4.78 is 11.3. The van der Waals surface area contributed by atoms with Crippen LogP contribution in [0.3, 0.4) is 0 Å². The highest BCUT2D eigenvalue weighted by Gasteiger charge is 2.35. The van der Waals surface area contributed by atoms with E-state index in [0.717, 1.165) is 10.0 Å². The van der Waals surface area contributed by atoms with Crippen LogP contribution in [-0.2, 0) is 16.0 Å². The van der Waals surface area contributed by atoms with Gasteiger partial charge in [0.1, 0.15) is 11.4 Å². The Morgan fingerprint density at radius 1 is 1.42 bits per heavy atom. The lowest BCUT2D eigenvalue weighted by Crippen LogP contribution is -2.25. The molecule has 5 heteroatoms. The molecule has 0 spiro atoms. The van der Waals surface area contributed by atoms with Gasteiger partial charge < -0.3 is 9.47 Å². The number of halogens is 1. The van der Waals surface area contributed by atoms with Gasteiger partial charge in [0, 0.05) is 10.9 Å². The third-order valence-electron chi connectivity index (χ3n) is 2.83. The number of ketones is 1. The van der Waals surface area contributed by atoms with Crippen molar-refractivity contribution < 1.29 is 19.1 Å². The molecule has 1 aromatic carbocycles. The monoisotopic (exact) mass is 326 g/mol. The van der Waals surface area contributed by atoms with Crippen molar-refractivity contribution in [3.05, 3.63) is 27.7 Å². The molecule has 1 heterocycles. The summed E-state index contributed by atoms with van der Waals surface area (Å²) in [5.74, 6) is -1.03. The van der Waals surface area contributed by atoms with Crippen LogP contribution in [-0.4, -0.2) is 24.0 Å².